The van der Waals surface area contributed by atoms with Crippen LogP contribution in [0.2, 0.25) is 0 Å². The number of aromatic nitrogens is 2. The second-order valence-corrected chi connectivity index (χ2v) is 7.02. The van der Waals surface area contributed by atoms with Crippen LogP contribution in [0.3, 0.4) is 0 Å². The van der Waals surface area contributed by atoms with E-state index in [1.807, 2.05) is 6.92 Å². The number of nitrogens with one attached hydrogen (secondary N) is 1. The first kappa shape index (κ1) is 13.0. The molecule has 96 valence electrons. The minimum atomic E-state index is -3.60. The summed E-state index contributed by atoms with van der Waals surface area (Å²) in [5.41, 5.74) is 0.709. The Morgan fingerprint density at radius 2 is 2.00 bits per heavy atom. The van der Waals surface area contributed by atoms with E-state index in [1.165, 1.54) is 17.5 Å². The summed E-state index contributed by atoms with van der Waals surface area (Å²) >= 11 is 1.45. The molecule has 2 heterocycles. The van der Waals surface area contributed by atoms with Gasteiger partial charge in [-0.05, 0) is 32.9 Å². The first-order valence-electron chi connectivity index (χ1n) is 5.28. The van der Waals surface area contributed by atoms with Crippen molar-refractivity contribution in [3.8, 4) is 0 Å². The van der Waals surface area contributed by atoms with E-state index in [2.05, 4.69) is 14.7 Å². The van der Waals surface area contributed by atoms with E-state index in [1.54, 1.807) is 26.0 Å². The molecule has 0 unspecified atom stereocenters. The van der Waals surface area contributed by atoms with Gasteiger partial charge in [-0.25, -0.2) is 23.1 Å². The standard InChI is InChI=1S/C11H13N3O2S2/c1-7-4-5-12-11(13-7)14-18(15,16)10-6-8(2)17-9(10)3/h4-6H,1-3H3,(H,12,13,14). The SMILES string of the molecule is Cc1ccnc(NS(=O)(=O)c2cc(C)sc2C)n1. The fourth-order valence-electron chi connectivity index (χ4n) is 1.55. The molecule has 0 fully saturated rings. The molecule has 0 bridgehead atoms. The van der Waals surface area contributed by atoms with Crippen molar-refractivity contribution in [1.82, 2.24) is 9.97 Å². The molecule has 0 aromatic carbocycles. The Balaban J connectivity index is 2.36. The molecule has 0 saturated heterocycles. The summed E-state index contributed by atoms with van der Waals surface area (Å²) in [7, 11) is -3.60. The average Bonchev–Trinajstić information content (AvgIpc) is 2.58. The smallest absolute Gasteiger partial charge is 0.247 e. The molecule has 5 nitrogen and oxygen atoms in total. The molecular weight excluding hydrogens is 270 g/mol. The number of anilines is 1. The molecule has 7 heteroatoms. The zero-order valence-electron chi connectivity index (χ0n) is 10.3. The third kappa shape index (κ3) is 2.68. The molecule has 0 amide bonds. The lowest BCUT2D eigenvalue weighted by Gasteiger charge is -2.06. The number of thiophene rings is 1. The van der Waals surface area contributed by atoms with Crippen molar-refractivity contribution in [3.63, 3.8) is 0 Å². The van der Waals surface area contributed by atoms with Gasteiger partial charge < -0.3 is 0 Å². The zero-order valence-corrected chi connectivity index (χ0v) is 11.9. The highest BCUT2D eigenvalue weighted by molar-refractivity contribution is 7.92. The molecule has 0 aliphatic heterocycles. The molecule has 2 aromatic rings. The highest BCUT2D eigenvalue weighted by Gasteiger charge is 2.20. The number of hydrogen-bond acceptors (Lipinski definition) is 5. The van der Waals surface area contributed by atoms with Gasteiger partial charge in [-0.15, -0.1) is 11.3 Å². The predicted octanol–water partition coefficient (Wildman–Crippen LogP) is 2.26. The number of sulfonamides is 1. The summed E-state index contributed by atoms with van der Waals surface area (Å²) in [6.07, 6.45) is 1.52. The second-order valence-electron chi connectivity index (χ2n) is 3.90. The summed E-state index contributed by atoms with van der Waals surface area (Å²) in [4.78, 5) is 9.91. The molecule has 0 spiro atoms. The minimum absolute atomic E-state index is 0.0956. The van der Waals surface area contributed by atoms with E-state index in [0.29, 0.717) is 5.69 Å². The number of nitrogens with zero attached hydrogens (tertiary/aromatic N) is 2. The normalized spacial score (nSPS) is 11.5. The van der Waals surface area contributed by atoms with Gasteiger partial charge >= 0.3 is 0 Å². The minimum Gasteiger partial charge on any atom is -0.247 e. The maximum Gasteiger partial charge on any atom is 0.265 e. The predicted molar refractivity (Wildman–Crippen MR) is 71.4 cm³/mol. The maximum atomic E-state index is 12.2. The maximum absolute atomic E-state index is 12.2. The van der Waals surface area contributed by atoms with Gasteiger partial charge in [-0.1, -0.05) is 0 Å². The van der Waals surface area contributed by atoms with Gasteiger partial charge in [-0.2, -0.15) is 0 Å². The molecule has 2 aromatic heterocycles. The molecular formula is C11H13N3O2S2. The molecule has 2 rings (SSSR count). The van der Waals surface area contributed by atoms with Crippen LogP contribution in [0.1, 0.15) is 15.4 Å². The Morgan fingerprint density at radius 3 is 2.56 bits per heavy atom. The van der Waals surface area contributed by atoms with Crippen molar-refractivity contribution in [1.29, 1.82) is 0 Å². The van der Waals surface area contributed by atoms with Crippen LogP contribution >= 0.6 is 11.3 Å². The average molecular weight is 283 g/mol. The van der Waals surface area contributed by atoms with E-state index >= 15 is 0 Å². The lowest BCUT2D eigenvalue weighted by atomic mass is 10.4. The summed E-state index contributed by atoms with van der Waals surface area (Å²) in [5.74, 6) is 0.0956. The van der Waals surface area contributed by atoms with Gasteiger partial charge in [0.05, 0.1) is 0 Å². The Labute approximate surface area is 110 Å². The summed E-state index contributed by atoms with van der Waals surface area (Å²) in [5, 5.41) is 0. The molecule has 1 N–H and O–H groups in total. The van der Waals surface area contributed by atoms with Gasteiger partial charge in [0, 0.05) is 21.6 Å². The van der Waals surface area contributed by atoms with Crippen molar-refractivity contribution in [3.05, 3.63) is 33.8 Å². The van der Waals surface area contributed by atoms with Crippen LogP contribution in [0.25, 0.3) is 0 Å². The van der Waals surface area contributed by atoms with Crippen molar-refractivity contribution >= 4 is 27.3 Å². The fourth-order valence-corrected chi connectivity index (χ4v) is 4.05. The molecule has 0 aliphatic carbocycles. The third-order valence-electron chi connectivity index (χ3n) is 2.31. The van der Waals surface area contributed by atoms with E-state index < -0.39 is 10.0 Å². The van der Waals surface area contributed by atoms with Crippen molar-refractivity contribution in [2.24, 2.45) is 0 Å². The van der Waals surface area contributed by atoms with Crippen LogP contribution in [-0.4, -0.2) is 18.4 Å². The van der Waals surface area contributed by atoms with Crippen LogP contribution in [0.15, 0.2) is 23.2 Å². The molecule has 0 saturated carbocycles. The van der Waals surface area contributed by atoms with Crippen molar-refractivity contribution in [2.75, 3.05) is 4.72 Å². The number of aryl methyl sites for hydroxylation is 3. The Hall–Kier alpha value is -1.47. The molecule has 0 aliphatic rings. The third-order valence-corrected chi connectivity index (χ3v) is 4.85. The van der Waals surface area contributed by atoms with Crippen LogP contribution < -0.4 is 4.72 Å². The van der Waals surface area contributed by atoms with Gasteiger partial charge in [0.2, 0.25) is 5.95 Å². The quantitative estimate of drug-likeness (QED) is 0.938. The van der Waals surface area contributed by atoms with Gasteiger partial charge in [-0.3, -0.25) is 0 Å². The topological polar surface area (TPSA) is 72.0 Å². The Kier molecular flexibility index (Phi) is 3.36. The number of rotatable bonds is 3. The lowest BCUT2D eigenvalue weighted by molar-refractivity contribution is 0.600. The second kappa shape index (κ2) is 4.66. The van der Waals surface area contributed by atoms with Crippen LogP contribution in [0, 0.1) is 20.8 Å². The highest BCUT2D eigenvalue weighted by Crippen LogP contribution is 2.25. The molecule has 0 atom stereocenters. The van der Waals surface area contributed by atoms with Crippen molar-refractivity contribution in [2.45, 2.75) is 25.7 Å². The first-order valence-corrected chi connectivity index (χ1v) is 7.58. The Bertz CT molecular complexity index is 677. The van der Waals surface area contributed by atoms with Crippen molar-refractivity contribution < 1.29 is 8.42 Å². The van der Waals surface area contributed by atoms with Crippen LogP contribution in [0.4, 0.5) is 5.95 Å². The van der Waals surface area contributed by atoms with E-state index in [9.17, 15) is 8.42 Å². The summed E-state index contributed by atoms with van der Waals surface area (Å²) < 4.78 is 26.7. The van der Waals surface area contributed by atoms with E-state index in [0.717, 1.165) is 9.75 Å². The fraction of sp³-hybridized carbons (Fsp3) is 0.273. The summed E-state index contributed by atoms with van der Waals surface area (Å²) in [6.45, 7) is 5.43. The van der Waals surface area contributed by atoms with Gasteiger partial charge in [0.25, 0.3) is 10.0 Å². The number of hydrogen-bond donors (Lipinski definition) is 1. The lowest BCUT2D eigenvalue weighted by Crippen LogP contribution is -2.15. The van der Waals surface area contributed by atoms with Crippen LogP contribution in [0.5, 0.6) is 0 Å². The Morgan fingerprint density at radius 1 is 1.28 bits per heavy atom. The highest BCUT2D eigenvalue weighted by atomic mass is 32.2. The van der Waals surface area contributed by atoms with Gasteiger partial charge in [0.15, 0.2) is 0 Å². The van der Waals surface area contributed by atoms with Gasteiger partial charge in [0.1, 0.15) is 4.90 Å². The molecule has 0 radical (unpaired) electrons. The van der Waals surface area contributed by atoms with Crippen LogP contribution in [-0.2, 0) is 10.0 Å². The molecule has 18 heavy (non-hydrogen) atoms. The van der Waals surface area contributed by atoms with E-state index in [-0.39, 0.29) is 10.8 Å². The van der Waals surface area contributed by atoms with E-state index in [4.69, 9.17) is 0 Å². The first-order chi connectivity index (χ1) is 8.38. The largest absolute Gasteiger partial charge is 0.265 e. The zero-order chi connectivity index (χ0) is 13.3. The summed E-state index contributed by atoms with van der Waals surface area (Å²) in [6, 6.07) is 3.36. The monoisotopic (exact) mass is 283 g/mol.